The lowest BCUT2D eigenvalue weighted by Crippen LogP contribution is -2.61. The van der Waals surface area contributed by atoms with E-state index in [4.69, 9.17) is 0 Å². The molecule has 1 fully saturated rings. The van der Waals surface area contributed by atoms with Crippen LogP contribution in [0.3, 0.4) is 0 Å². The highest BCUT2D eigenvalue weighted by Gasteiger charge is 2.44. The van der Waals surface area contributed by atoms with Crippen LogP contribution in [-0.4, -0.2) is 43.8 Å². The Balaban J connectivity index is 1.57. The van der Waals surface area contributed by atoms with Crippen molar-refractivity contribution < 1.29 is 9.90 Å². The molecule has 6 nitrogen and oxygen atoms in total. The zero-order chi connectivity index (χ0) is 16.6. The molecular formula is C17H22N4O2. The first-order valence-electron chi connectivity index (χ1n) is 7.80. The second-order valence-corrected chi connectivity index (χ2v) is 6.30. The van der Waals surface area contributed by atoms with Crippen molar-refractivity contribution in [3.05, 3.63) is 47.0 Å². The number of rotatable bonds is 4. The minimum Gasteiger partial charge on any atom is -0.381 e. The summed E-state index contributed by atoms with van der Waals surface area (Å²) in [6.07, 6.45) is 4.46. The Labute approximate surface area is 135 Å². The molecule has 2 aromatic rings. The van der Waals surface area contributed by atoms with Crippen LogP contribution in [0.4, 0.5) is 0 Å². The number of likely N-dealkylation sites (tertiary alicyclic amines) is 1. The van der Waals surface area contributed by atoms with Gasteiger partial charge in [0, 0.05) is 37.1 Å². The SMILES string of the molecule is Cc1nn(C)c(C)c1CCC(=O)N1CC(O)(c2cccnc2)C1. The predicted molar refractivity (Wildman–Crippen MR) is 85.7 cm³/mol. The minimum atomic E-state index is -0.954. The van der Waals surface area contributed by atoms with E-state index in [-0.39, 0.29) is 5.91 Å². The monoisotopic (exact) mass is 314 g/mol. The molecule has 0 atom stereocenters. The third-order valence-electron chi connectivity index (χ3n) is 4.70. The molecule has 0 aliphatic carbocycles. The van der Waals surface area contributed by atoms with E-state index in [0.29, 0.717) is 25.9 Å². The molecule has 0 saturated carbocycles. The summed E-state index contributed by atoms with van der Waals surface area (Å²) in [6.45, 7) is 4.66. The third-order valence-corrected chi connectivity index (χ3v) is 4.70. The van der Waals surface area contributed by atoms with Gasteiger partial charge < -0.3 is 10.0 Å². The summed E-state index contributed by atoms with van der Waals surface area (Å²) in [4.78, 5) is 18.0. The van der Waals surface area contributed by atoms with Gasteiger partial charge in [-0.3, -0.25) is 14.5 Å². The third kappa shape index (κ3) is 2.86. The van der Waals surface area contributed by atoms with Crippen molar-refractivity contribution in [1.82, 2.24) is 19.7 Å². The van der Waals surface area contributed by atoms with Crippen LogP contribution < -0.4 is 0 Å². The fourth-order valence-corrected chi connectivity index (χ4v) is 3.15. The maximum atomic E-state index is 12.3. The Morgan fingerprint density at radius 2 is 2.13 bits per heavy atom. The molecular weight excluding hydrogens is 292 g/mol. The molecule has 0 bridgehead atoms. The van der Waals surface area contributed by atoms with Crippen LogP contribution in [0.5, 0.6) is 0 Å². The predicted octanol–water partition coefficient (Wildman–Crippen LogP) is 1.09. The lowest BCUT2D eigenvalue weighted by Gasteiger charge is -2.46. The second-order valence-electron chi connectivity index (χ2n) is 6.30. The van der Waals surface area contributed by atoms with Crippen LogP contribution in [0.15, 0.2) is 24.5 Å². The van der Waals surface area contributed by atoms with E-state index < -0.39 is 5.60 Å². The van der Waals surface area contributed by atoms with Gasteiger partial charge >= 0.3 is 0 Å². The quantitative estimate of drug-likeness (QED) is 0.917. The Bertz CT molecular complexity index is 718. The van der Waals surface area contributed by atoms with Gasteiger partial charge in [-0.05, 0) is 31.9 Å². The second kappa shape index (κ2) is 5.77. The molecule has 3 heterocycles. The Hall–Kier alpha value is -2.21. The first kappa shape index (κ1) is 15.7. The number of aryl methyl sites for hydroxylation is 2. The summed E-state index contributed by atoms with van der Waals surface area (Å²) >= 11 is 0. The largest absolute Gasteiger partial charge is 0.381 e. The lowest BCUT2D eigenvalue weighted by atomic mass is 9.87. The Morgan fingerprint density at radius 3 is 2.70 bits per heavy atom. The molecule has 0 aromatic carbocycles. The maximum Gasteiger partial charge on any atom is 0.223 e. The molecule has 1 N–H and O–H groups in total. The number of aliphatic hydroxyl groups is 1. The summed E-state index contributed by atoms with van der Waals surface area (Å²) in [6, 6.07) is 3.64. The molecule has 3 rings (SSSR count). The van der Waals surface area contributed by atoms with Gasteiger partial charge in [0.25, 0.3) is 0 Å². The number of pyridine rings is 1. The van der Waals surface area contributed by atoms with E-state index in [0.717, 1.165) is 22.5 Å². The fourth-order valence-electron chi connectivity index (χ4n) is 3.15. The van der Waals surface area contributed by atoms with E-state index in [1.54, 1.807) is 23.4 Å². The van der Waals surface area contributed by atoms with E-state index in [1.807, 2.05) is 31.6 Å². The molecule has 1 saturated heterocycles. The number of amides is 1. The highest BCUT2D eigenvalue weighted by atomic mass is 16.3. The number of nitrogens with zero attached hydrogens (tertiary/aromatic N) is 4. The number of hydrogen-bond acceptors (Lipinski definition) is 4. The summed E-state index contributed by atoms with van der Waals surface area (Å²) < 4.78 is 1.85. The summed E-state index contributed by atoms with van der Waals surface area (Å²) in [5.74, 6) is 0.0706. The van der Waals surface area contributed by atoms with Crippen molar-refractivity contribution in [1.29, 1.82) is 0 Å². The van der Waals surface area contributed by atoms with Crippen molar-refractivity contribution in [2.24, 2.45) is 7.05 Å². The van der Waals surface area contributed by atoms with Crippen molar-refractivity contribution in [3.63, 3.8) is 0 Å². The van der Waals surface area contributed by atoms with E-state index in [9.17, 15) is 9.90 Å². The van der Waals surface area contributed by atoms with Crippen molar-refractivity contribution in [3.8, 4) is 0 Å². The Kier molecular flexibility index (Phi) is 3.93. The van der Waals surface area contributed by atoms with E-state index >= 15 is 0 Å². The van der Waals surface area contributed by atoms with Crippen LogP contribution in [0, 0.1) is 13.8 Å². The first-order valence-corrected chi connectivity index (χ1v) is 7.80. The summed E-state index contributed by atoms with van der Waals surface area (Å²) in [7, 11) is 1.91. The Morgan fingerprint density at radius 1 is 1.39 bits per heavy atom. The van der Waals surface area contributed by atoms with Crippen LogP contribution in [0.25, 0.3) is 0 Å². The molecule has 23 heavy (non-hydrogen) atoms. The van der Waals surface area contributed by atoms with Gasteiger partial charge in [-0.15, -0.1) is 0 Å². The highest BCUT2D eigenvalue weighted by molar-refractivity contribution is 5.78. The lowest BCUT2D eigenvalue weighted by molar-refractivity contribution is -0.157. The molecule has 0 radical (unpaired) electrons. The number of β-amino-alcohol motifs (C(OH)–C–C–N with tert-alkyl or cyclic N) is 1. The molecule has 1 amide bonds. The van der Waals surface area contributed by atoms with Crippen LogP contribution in [-0.2, 0) is 23.9 Å². The molecule has 0 unspecified atom stereocenters. The van der Waals surface area contributed by atoms with Crippen molar-refractivity contribution in [2.75, 3.05) is 13.1 Å². The van der Waals surface area contributed by atoms with Crippen LogP contribution >= 0.6 is 0 Å². The van der Waals surface area contributed by atoms with E-state index in [1.165, 1.54) is 0 Å². The zero-order valence-corrected chi connectivity index (χ0v) is 13.8. The topological polar surface area (TPSA) is 71.2 Å². The van der Waals surface area contributed by atoms with Crippen LogP contribution in [0.2, 0.25) is 0 Å². The normalized spacial score (nSPS) is 16.3. The van der Waals surface area contributed by atoms with Crippen molar-refractivity contribution >= 4 is 5.91 Å². The molecule has 1 aliphatic rings. The highest BCUT2D eigenvalue weighted by Crippen LogP contribution is 2.31. The number of carbonyl (C=O) groups is 1. The molecule has 0 spiro atoms. The van der Waals surface area contributed by atoms with Crippen molar-refractivity contribution in [2.45, 2.75) is 32.3 Å². The average molecular weight is 314 g/mol. The average Bonchev–Trinajstić information content (AvgIpc) is 2.75. The summed E-state index contributed by atoms with van der Waals surface area (Å²) in [5, 5.41) is 14.9. The fraction of sp³-hybridized carbons (Fsp3) is 0.471. The number of carbonyl (C=O) groups excluding carboxylic acids is 1. The maximum absolute atomic E-state index is 12.3. The van der Waals surface area contributed by atoms with Gasteiger partial charge in [0.1, 0.15) is 5.60 Å². The van der Waals surface area contributed by atoms with Gasteiger partial charge in [-0.2, -0.15) is 5.10 Å². The van der Waals surface area contributed by atoms with Gasteiger partial charge in [-0.25, -0.2) is 0 Å². The standard InChI is InChI=1S/C17H22N4O2/c1-12-15(13(2)20(3)19-12)6-7-16(22)21-10-17(23,11-21)14-5-4-8-18-9-14/h4-5,8-9,23H,6-7,10-11H2,1-3H3. The first-order chi connectivity index (χ1) is 10.9. The smallest absolute Gasteiger partial charge is 0.223 e. The van der Waals surface area contributed by atoms with Gasteiger partial charge in [0.15, 0.2) is 0 Å². The van der Waals surface area contributed by atoms with Gasteiger partial charge in [0.2, 0.25) is 5.91 Å². The minimum absolute atomic E-state index is 0.0706. The van der Waals surface area contributed by atoms with E-state index in [2.05, 4.69) is 10.1 Å². The van der Waals surface area contributed by atoms with Crippen LogP contribution in [0.1, 0.15) is 28.9 Å². The number of aromatic nitrogens is 3. The summed E-state index contributed by atoms with van der Waals surface area (Å²) in [5.41, 5.74) is 3.04. The van der Waals surface area contributed by atoms with Gasteiger partial charge in [-0.1, -0.05) is 6.07 Å². The molecule has 2 aromatic heterocycles. The molecule has 122 valence electrons. The molecule has 6 heteroatoms. The van der Waals surface area contributed by atoms with Gasteiger partial charge in [0.05, 0.1) is 18.8 Å². The zero-order valence-electron chi connectivity index (χ0n) is 13.8. The molecule has 1 aliphatic heterocycles. The number of hydrogen-bond donors (Lipinski definition) is 1.